The minimum Gasteiger partial charge on any atom is -0.319 e. The molecule has 2 aliphatic rings. The van der Waals surface area contributed by atoms with Crippen LogP contribution in [0.1, 0.15) is 25.7 Å². The second kappa shape index (κ2) is 4.38. The van der Waals surface area contributed by atoms with Crippen molar-refractivity contribution in [3.05, 3.63) is 0 Å². The molecule has 3 heteroatoms. The maximum absolute atomic E-state index is 3.32. The molecule has 0 aromatic rings. The third kappa shape index (κ3) is 2.64. The first-order valence-electron chi connectivity index (χ1n) is 5.22. The molecule has 1 aliphatic carbocycles. The summed E-state index contributed by atoms with van der Waals surface area (Å²) in [6, 6.07) is 0. The Morgan fingerprint density at radius 3 is 2.31 bits per heavy atom. The summed E-state index contributed by atoms with van der Waals surface area (Å²) in [5.41, 5.74) is 0.680. The van der Waals surface area contributed by atoms with E-state index in [0.717, 1.165) is 0 Å². The van der Waals surface area contributed by atoms with Crippen molar-refractivity contribution in [2.45, 2.75) is 25.7 Å². The SMILES string of the molecule is CNCC1(CN2CCCC2)CC1.F. The molecule has 0 atom stereocenters. The molecule has 0 amide bonds. The van der Waals surface area contributed by atoms with Gasteiger partial charge in [0.1, 0.15) is 0 Å². The van der Waals surface area contributed by atoms with Gasteiger partial charge in [0.05, 0.1) is 0 Å². The lowest BCUT2D eigenvalue weighted by molar-refractivity contribution is 0.260. The minimum absolute atomic E-state index is 0. The number of hydrogen-bond donors (Lipinski definition) is 1. The van der Waals surface area contributed by atoms with Crippen LogP contribution < -0.4 is 5.32 Å². The van der Waals surface area contributed by atoms with Crippen molar-refractivity contribution in [1.82, 2.24) is 10.2 Å². The number of rotatable bonds is 4. The summed E-state index contributed by atoms with van der Waals surface area (Å²) in [5.74, 6) is 0. The molecule has 2 fully saturated rings. The smallest absolute Gasteiger partial charge is 0.00501 e. The van der Waals surface area contributed by atoms with Crippen molar-refractivity contribution in [3.63, 3.8) is 0 Å². The number of nitrogens with one attached hydrogen (secondary N) is 1. The van der Waals surface area contributed by atoms with Crippen LogP contribution in [0.3, 0.4) is 0 Å². The van der Waals surface area contributed by atoms with Crippen LogP contribution in [0.2, 0.25) is 0 Å². The first-order valence-corrected chi connectivity index (χ1v) is 5.22. The highest BCUT2D eigenvalue weighted by atomic mass is 19.0. The van der Waals surface area contributed by atoms with E-state index in [2.05, 4.69) is 17.3 Å². The lowest BCUT2D eigenvalue weighted by atomic mass is 10.1. The largest absolute Gasteiger partial charge is 0.319 e. The Bertz CT molecular complexity index is 151. The van der Waals surface area contributed by atoms with Gasteiger partial charge in [-0.05, 0) is 51.2 Å². The van der Waals surface area contributed by atoms with Crippen LogP contribution in [-0.2, 0) is 0 Å². The minimum atomic E-state index is 0. The lowest BCUT2D eigenvalue weighted by Gasteiger charge is -2.22. The lowest BCUT2D eigenvalue weighted by Crippen LogP contribution is -2.33. The molecule has 1 N–H and O–H groups in total. The van der Waals surface area contributed by atoms with E-state index in [4.69, 9.17) is 0 Å². The second-order valence-corrected chi connectivity index (χ2v) is 4.51. The molecule has 0 aromatic heterocycles. The van der Waals surface area contributed by atoms with E-state index in [1.165, 1.54) is 51.9 Å². The first-order chi connectivity index (χ1) is 5.85. The number of hydrogen-bond acceptors (Lipinski definition) is 2. The summed E-state index contributed by atoms with van der Waals surface area (Å²) >= 11 is 0. The standard InChI is InChI=1S/C10H20N2.FH/c1-11-8-10(4-5-10)9-12-6-2-3-7-12;/h11H,2-9H2,1H3;1H. The molecule has 0 bridgehead atoms. The van der Waals surface area contributed by atoms with Gasteiger partial charge in [0, 0.05) is 13.1 Å². The van der Waals surface area contributed by atoms with Gasteiger partial charge in [-0.1, -0.05) is 0 Å². The third-order valence-electron chi connectivity index (χ3n) is 3.27. The van der Waals surface area contributed by atoms with Gasteiger partial charge in [-0.25, -0.2) is 0 Å². The molecule has 13 heavy (non-hydrogen) atoms. The van der Waals surface area contributed by atoms with E-state index in [1.54, 1.807) is 0 Å². The highest BCUT2D eigenvalue weighted by molar-refractivity contribution is 4.97. The van der Waals surface area contributed by atoms with E-state index in [-0.39, 0.29) is 4.70 Å². The van der Waals surface area contributed by atoms with Gasteiger partial charge in [0.2, 0.25) is 0 Å². The average Bonchev–Trinajstić information content (AvgIpc) is 2.63. The number of likely N-dealkylation sites (tertiary alicyclic amines) is 1. The van der Waals surface area contributed by atoms with E-state index in [0.29, 0.717) is 5.41 Å². The van der Waals surface area contributed by atoms with Gasteiger partial charge in [-0.2, -0.15) is 0 Å². The highest BCUT2D eigenvalue weighted by Gasteiger charge is 2.43. The molecule has 0 aromatic carbocycles. The van der Waals surface area contributed by atoms with Crippen molar-refractivity contribution in [3.8, 4) is 0 Å². The summed E-state index contributed by atoms with van der Waals surface area (Å²) in [6.07, 6.45) is 5.75. The summed E-state index contributed by atoms with van der Waals surface area (Å²) < 4.78 is 0. The molecule has 1 saturated carbocycles. The molecular formula is C10H21FN2. The van der Waals surface area contributed by atoms with Gasteiger partial charge in [0.25, 0.3) is 0 Å². The van der Waals surface area contributed by atoms with Crippen molar-refractivity contribution in [2.75, 3.05) is 33.2 Å². The molecule has 1 heterocycles. The molecule has 78 valence electrons. The zero-order chi connectivity index (χ0) is 8.44. The Kier molecular flexibility index (Phi) is 3.68. The molecular weight excluding hydrogens is 167 g/mol. The monoisotopic (exact) mass is 188 g/mol. The Balaban J connectivity index is 0.000000845. The summed E-state index contributed by atoms with van der Waals surface area (Å²) in [4.78, 5) is 2.64. The van der Waals surface area contributed by atoms with Crippen molar-refractivity contribution in [1.29, 1.82) is 0 Å². The first kappa shape index (κ1) is 10.9. The maximum Gasteiger partial charge on any atom is 0.00501 e. The Morgan fingerprint density at radius 1 is 1.23 bits per heavy atom. The molecule has 0 radical (unpaired) electrons. The highest BCUT2D eigenvalue weighted by Crippen LogP contribution is 2.45. The Morgan fingerprint density at radius 2 is 1.85 bits per heavy atom. The van der Waals surface area contributed by atoms with Gasteiger partial charge >= 0.3 is 0 Å². The van der Waals surface area contributed by atoms with E-state index in [1.807, 2.05) is 0 Å². The van der Waals surface area contributed by atoms with Crippen LogP contribution in [0.15, 0.2) is 0 Å². The summed E-state index contributed by atoms with van der Waals surface area (Å²) in [6.45, 7) is 5.29. The topological polar surface area (TPSA) is 15.3 Å². The quantitative estimate of drug-likeness (QED) is 0.714. The van der Waals surface area contributed by atoms with Crippen LogP contribution in [0.25, 0.3) is 0 Å². The molecule has 0 spiro atoms. The fraction of sp³-hybridized carbons (Fsp3) is 1.00. The van der Waals surface area contributed by atoms with Crippen molar-refractivity contribution in [2.24, 2.45) is 5.41 Å². The van der Waals surface area contributed by atoms with Crippen LogP contribution >= 0.6 is 0 Å². The molecule has 1 aliphatic heterocycles. The number of nitrogens with zero attached hydrogens (tertiary/aromatic N) is 1. The maximum atomic E-state index is 3.32. The zero-order valence-electron chi connectivity index (χ0n) is 8.51. The van der Waals surface area contributed by atoms with Crippen LogP contribution in [0.5, 0.6) is 0 Å². The summed E-state index contributed by atoms with van der Waals surface area (Å²) in [5, 5.41) is 3.32. The predicted molar refractivity (Wildman–Crippen MR) is 53.8 cm³/mol. The second-order valence-electron chi connectivity index (χ2n) is 4.51. The number of halogens is 1. The zero-order valence-corrected chi connectivity index (χ0v) is 8.51. The third-order valence-corrected chi connectivity index (χ3v) is 3.27. The molecule has 2 rings (SSSR count). The normalized spacial score (nSPS) is 25.6. The van der Waals surface area contributed by atoms with Crippen molar-refractivity contribution < 1.29 is 4.70 Å². The van der Waals surface area contributed by atoms with Crippen LogP contribution in [0.4, 0.5) is 4.70 Å². The van der Waals surface area contributed by atoms with E-state index in [9.17, 15) is 0 Å². The molecule has 2 nitrogen and oxygen atoms in total. The summed E-state index contributed by atoms with van der Waals surface area (Å²) in [7, 11) is 2.07. The fourth-order valence-corrected chi connectivity index (χ4v) is 2.36. The van der Waals surface area contributed by atoms with Gasteiger partial charge in [-0.3, -0.25) is 4.70 Å². The fourth-order valence-electron chi connectivity index (χ4n) is 2.36. The Hall–Kier alpha value is -0.150. The van der Waals surface area contributed by atoms with Gasteiger partial charge < -0.3 is 10.2 Å². The van der Waals surface area contributed by atoms with Crippen LogP contribution in [0, 0.1) is 5.41 Å². The predicted octanol–water partition coefficient (Wildman–Crippen LogP) is 1.23. The van der Waals surface area contributed by atoms with E-state index >= 15 is 0 Å². The average molecular weight is 188 g/mol. The van der Waals surface area contributed by atoms with Gasteiger partial charge in [-0.15, -0.1) is 0 Å². The Labute approximate surface area is 80.1 Å². The van der Waals surface area contributed by atoms with Crippen molar-refractivity contribution >= 4 is 0 Å². The molecule has 0 unspecified atom stereocenters. The van der Waals surface area contributed by atoms with Crippen LogP contribution in [-0.4, -0.2) is 38.1 Å². The molecule has 1 saturated heterocycles. The van der Waals surface area contributed by atoms with E-state index < -0.39 is 0 Å². The van der Waals surface area contributed by atoms with Gasteiger partial charge in [0.15, 0.2) is 0 Å².